The molecular weight excluding hydrogens is 337 g/mol. The molecule has 0 bridgehead atoms. The molecule has 1 saturated heterocycles. The molecule has 1 heterocycles. The van der Waals surface area contributed by atoms with Crippen LogP contribution in [0.2, 0.25) is 10.0 Å². The second-order valence-electron chi connectivity index (χ2n) is 5.88. The first-order chi connectivity index (χ1) is 11.1. The smallest absolute Gasteiger partial charge is 0.310 e. The molecule has 1 aliphatic heterocycles. The maximum atomic E-state index is 12.5. The number of allylic oxidation sites excluding steroid dienone is 2. The first-order valence-corrected chi connectivity index (χ1v) is 8.37. The fourth-order valence-electron chi connectivity index (χ4n) is 3.21. The molecule has 4 nitrogen and oxygen atoms in total. The lowest BCUT2D eigenvalue weighted by atomic mass is 9.73. The van der Waals surface area contributed by atoms with E-state index in [0.29, 0.717) is 29.6 Å². The van der Waals surface area contributed by atoms with Crippen molar-refractivity contribution in [2.45, 2.75) is 19.4 Å². The van der Waals surface area contributed by atoms with Gasteiger partial charge in [-0.05, 0) is 36.5 Å². The molecule has 0 unspecified atom stereocenters. The number of carbonyl (C=O) groups excluding carboxylic acids is 2. The first-order valence-electron chi connectivity index (χ1n) is 7.61. The number of hydrogen-bond acceptors (Lipinski definition) is 3. The Balaban J connectivity index is 1.66. The maximum Gasteiger partial charge on any atom is 0.310 e. The van der Waals surface area contributed by atoms with Gasteiger partial charge in [-0.1, -0.05) is 41.4 Å². The number of ether oxygens (including phenoxy) is 1. The van der Waals surface area contributed by atoms with Gasteiger partial charge in [-0.3, -0.25) is 9.59 Å². The molecule has 1 amide bonds. The van der Waals surface area contributed by atoms with Crippen molar-refractivity contribution in [3.8, 4) is 0 Å². The highest BCUT2D eigenvalue weighted by Crippen LogP contribution is 2.36. The van der Waals surface area contributed by atoms with Crippen molar-refractivity contribution in [3.05, 3.63) is 46.0 Å². The van der Waals surface area contributed by atoms with E-state index in [0.717, 1.165) is 12.0 Å². The molecule has 1 aliphatic carbocycles. The third-order valence-electron chi connectivity index (χ3n) is 4.42. The van der Waals surface area contributed by atoms with E-state index in [9.17, 15) is 9.59 Å². The van der Waals surface area contributed by atoms with Gasteiger partial charge in [-0.2, -0.15) is 0 Å². The summed E-state index contributed by atoms with van der Waals surface area (Å²) in [6.07, 6.45) is 5.37. The Morgan fingerprint density at radius 3 is 2.91 bits per heavy atom. The summed E-state index contributed by atoms with van der Waals surface area (Å²) in [6.45, 7) is 0.782. The molecule has 122 valence electrons. The number of benzene rings is 1. The van der Waals surface area contributed by atoms with Crippen LogP contribution in [0.15, 0.2) is 30.4 Å². The summed E-state index contributed by atoms with van der Waals surface area (Å²) >= 11 is 11.9. The van der Waals surface area contributed by atoms with Crippen LogP contribution in [0.25, 0.3) is 0 Å². The Labute approximate surface area is 144 Å². The number of cyclic esters (lactones) is 1. The molecule has 3 atom stereocenters. The van der Waals surface area contributed by atoms with Gasteiger partial charge in [0.05, 0.1) is 28.5 Å². The zero-order chi connectivity index (χ0) is 16.4. The lowest BCUT2D eigenvalue weighted by Crippen LogP contribution is -2.45. The van der Waals surface area contributed by atoms with E-state index in [-0.39, 0.29) is 29.6 Å². The van der Waals surface area contributed by atoms with Gasteiger partial charge >= 0.3 is 5.97 Å². The quantitative estimate of drug-likeness (QED) is 0.669. The Morgan fingerprint density at radius 2 is 2.13 bits per heavy atom. The predicted molar refractivity (Wildman–Crippen MR) is 88.1 cm³/mol. The van der Waals surface area contributed by atoms with Crippen LogP contribution in [-0.4, -0.2) is 18.5 Å². The summed E-state index contributed by atoms with van der Waals surface area (Å²) in [6, 6.07) is 5.23. The number of amides is 1. The minimum absolute atomic E-state index is 0.103. The van der Waals surface area contributed by atoms with Gasteiger partial charge in [0.25, 0.3) is 0 Å². The number of hydrogen-bond donors (Lipinski definition) is 1. The molecular formula is C17H17Cl2NO3. The highest BCUT2D eigenvalue weighted by atomic mass is 35.5. The standard InChI is InChI=1S/C17H17Cl2NO3/c18-13-5-4-10(8-14(13)19)9-20-16(21)12-3-1-2-11-6-7-23-17(22)15(11)12/h1-2,4-5,8,11-12,15H,3,6-7,9H2,(H,20,21)/t11-,12-,15+/m1/s1. The largest absolute Gasteiger partial charge is 0.465 e. The van der Waals surface area contributed by atoms with Crippen molar-refractivity contribution < 1.29 is 14.3 Å². The van der Waals surface area contributed by atoms with E-state index in [1.807, 2.05) is 18.2 Å². The van der Waals surface area contributed by atoms with Crippen LogP contribution < -0.4 is 5.32 Å². The maximum absolute atomic E-state index is 12.5. The van der Waals surface area contributed by atoms with Gasteiger partial charge in [0.1, 0.15) is 0 Å². The lowest BCUT2D eigenvalue weighted by molar-refractivity contribution is -0.161. The second kappa shape index (κ2) is 6.93. The molecule has 0 saturated carbocycles. The van der Waals surface area contributed by atoms with E-state index >= 15 is 0 Å². The summed E-state index contributed by atoms with van der Waals surface area (Å²) in [5.74, 6) is -1.04. The number of rotatable bonds is 3. The molecule has 2 aliphatic rings. The average Bonchev–Trinajstić information content (AvgIpc) is 2.55. The molecule has 1 N–H and O–H groups in total. The Bertz CT molecular complexity index is 659. The predicted octanol–water partition coefficient (Wildman–Crippen LogP) is 3.37. The minimum atomic E-state index is -0.374. The first kappa shape index (κ1) is 16.3. The fourth-order valence-corrected chi connectivity index (χ4v) is 3.53. The number of halogens is 2. The number of esters is 1. The second-order valence-corrected chi connectivity index (χ2v) is 6.70. The average molecular weight is 354 g/mol. The van der Waals surface area contributed by atoms with E-state index in [2.05, 4.69) is 5.32 Å². The molecule has 6 heteroatoms. The Hall–Kier alpha value is -1.52. The molecule has 0 spiro atoms. The van der Waals surface area contributed by atoms with E-state index in [1.165, 1.54) is 0 Å². The summed E-state index contributed by atoms with van der Waals surface area (Å²) in [5.41, 5.74) is 0.863. The van der Waals surface area contributed by atoms with Crippen LogP contribution in [0.4, 0.5) is 0 Å². The summed E-state index contributed by atoms with van der Waals surface area (Å²) in [5, 5.41) is 3.82. The van der Waals surface area contributed by atoms with Crippen LogP contribution in [0, 0.1) is 17.8 Å². The molecule has 3 rings (SSSR count). The van der Waals surface area contributed by atoms with Crippen LogP contribution in [0.1, 0.15) is 18.4 Å². The number of nitrogens with one attached hydrogen (secondary N) is 1. The number of fused-ring (bicyclic) bond motifs is 1. The molecule has 0 radical (unpaired) electrons. The van der Waals surface area contributed by atoms with Crippen LogP contribution in [0.3, 0.4) is 0 Å². The van der Waals surface area contributed by atoms with Crippen LogP contribution in [0.5, 0.6) is 0 Å². The van der Waals surface area contributed by atoms with Gasteiger partial charge < -0.3 is 10.1 Å². The summed E-state index contributed by atoms with van der Waals surface area (Å²) in [7, 11) is 0. The van der Waals surface area contributed by atoms with Gasteiger partial charge in [0.2, 0.25) is 5.91 Å². The zero-order valence-corrected chi connectivity index (χ0v) is 13.9. The molecule has 0 aromatic heterocycles. The fraction of sp³-hybridized carbons (Fsp3) is 0.412. The van der Waals surface area contributed by atoms with Crippen molar-refractivity contribution in [2.24, 2.45) is 17.8 Å². The topological polar surface area (TPSA) is 55.4 Å². The Kier molecular flexibility index (Phi) is 4.93. The van der Waals surface area contributed by atoms with Crippen molar-refractivity contribution in [1.29, 1.82) is 0 Å². The van der Waals surface area contributed by atoms with Gasteiger partial charge in [-0.25, -0.2) is 0 Å². The normalized spacial score (nSPS) is 26.3. The number of carbonyl (C=O) groups is 2. The summed E-state index contributed by atoms with van der Waals surface area (Å²) < 4.78 is 5.13. The Morgan fingerprint density at radius 1 is 1.30 bits per heavy atom. The zero-order valence-electron chi connectivity index (χ0n) is 12.4. The monoisotopic (exact) mass is 353 g/mol. The lowest BCUT2D eigenvalue weighted by Gasteiger charge is -2.35. The van der Waals surface area contributed by atoms with E-state index < -0.39 is 0 Å². The highest BCUT2D eigenvalue weighted by molar-refractivity contribution is 6.42. The third kappa shape index (κ3) is 3.54. The van der Waals surface area contributed by atoms with Crippen molar-refractivity contribution in [3.63, 3.8) is 0 Å². The van der Waals surface area contributed by atoms with Gasteiger partial charge in [0.15, 0.2) is 0 Å². The molecule has 1 aromatic rings. The highest BCUT2D eigenvalue weighted by Gasteiger charge is 2.42. The van der Waals surface area contributed by atoms with Crippen molar-refractivity contribution in [1.82, 2.24) is 5.32 Å². The van der Waals surface area contributed by atoms with Crippen molar-refractivity contribution in [2.75, 3.05) is 6.61 Å². The van der Waals surface area contributed by atoms with Gasteiger partial charge in [0, 0.05) is 6.54 Å². The van der Waals surface area contributed by atoms with Crippen molar-refractivity contribution >= 4 is 35.1 Å². The SMILES string of the molecule is O=C1OCC[C@H]2C=CC[C@@H](C(=O)NCc3ccc(Cl)c(Cl)c3)[C@@H]12. The molecule has 1 fully saturated rings. The summed E-state index contributed by atoms with van der Waals surface area (Å²) in [4.78, 5) is 24.5. The van der Waals surface area contributed by atoms with Gasteiger partial charge in [-0.15, -0.1) is 0 Å². The van der Waals surface area contributed by atoms with Crippen LogP contribution >= 0.6 is 23.2 Å². The molecule has 1 aromatic carbocycles. The third-order valence-corrected chi connectivity index (χ3v) is 5.16. The minimum Gasteiger partial charge on any atom is -0.465 e. The van der Waals surface area contributed by atoms with E-state index in [4.69, 9.17) is 27.9 Å². The van der Waals surface area contributed by atoms with Crippen LogP contribution in [-0.2, 0) is 20.9 Å². The molecule has 23 heavy (non-hydrogen) atoms. The van der Waals surface area contributed by atoms with E-state index in [1.54, 1.807) is 12.1 Å².